The number of nitrogens with zero attached hydrogens (tertiary/aromatic N) is 2. The third kappa shape index (κ3) is 2.54. The van der Waals surface area contributed by atoms with Crippen molar-refractivity contribution in [1.82, 2.24) is 15.6 Å². The lowest BCUT2D eigenvalue weighted by molar-refractivity contribution is -0.171. The van der Waals surface area contributed by atoms with Crippen molar-refractivity contribution in [2.45, 2.75) is 58.1 Å². The Hall–Kier alpha value is -1.14. The van der Waals surface area contributed by atoms with Gasteiger partial charge in [0.2, 0.25) is 0 Å². The fraction of sp³-hybridized carbons (Fsp3) is 0.778. The highest BCUT2D eigenvalue weighted by Crippen LogP contribution is 2.62. The number of rotatable bonds is 4. The van der Waals surface area contributed by atoms with Gasteiger partial charge in [0.15, 0.2) is 5.96 Å². The van der Waals surface area contributed by atoms with Crippen LogP contribution in [0.1, 0.15) is 41.3 Å². The summed E-state index contributed by atoms with van der Waals surface area (Å²) in [7, 11) is 1.86. The summed E-state index contributed by atoms with van der Waals surface area (Å²) in [5.41, 5.74) is 1.55. The monoisotopic (exact) mass is 348 g/mol. The maximum absolute atomic E-state index is 6.00. The molecule has 3 unspecified atom stereocenters. The van der Waals surface area contributed by atoms with Gasteiger partial charge in [-0.1, -0.05) is 6.42 Å². The summed E-state index contributed by atoms with van der Waals surface area (Å²) in [5, 5.41) is 8.39. The van der Waals surface area contributed by atoms with Crippen LogP contribution in [0.3, 0.4) is 0 Å². The quantitative estimate of drug-likeness (QED) is 0.648. The van der Waals surface area contributed by atoms with Gasteiger partial charge >= 0.3 is 0 Å². The van der Waals surface area contributed by atoms with Gasteiger partial charge in [0.1, 0.15) is 0 Å². The number of thiazole rings is 1. The molecular formula is C18H28N4OS. The van der Waals surface area contributed by atoms with Gasteiger partial charge in [-0.2, -0.15) is 0 Å². The van der Waals surface area contributed by atoms with E-state index in [1.54, 1.807) is 11.3 Å². The lowest BCUT2D eigenvalue weighted by Crippen LogP contribution is -2.72. The number of aryl methyl sites for hydroxylation is 2. The van der Waals surface area contributed by atoms with Crippen LogP contribution in [0.2, 0.25) is 0 Å². The smallest absolute Gasteiger partial charge is 0.191 e. The number of ether oxygens (including phenoxy) is 1. The normalized spacial score (nSPS) is 30.6. The first-order valence-corrected chi connectivity index (χ1v) is 9.97. The molecule has 4 rings (SSSR count). The summed E-state index contributed by atoms with van der Waals surface area (Å²) in [5.74, 6) is 1.61. The number of hydrogen-bond acceptors (Lipinski definition) is 4. The van der Waals surface area contributed by atoms with Crippen LogP contribution in [-0.4, -0.2) is 43.3 Å². The molecule has 3 aliphatic rings. The predicted molar refractivity (Wildman–Crippen MR) is 97.7 cm³/mol. The summed E-state index contributed by atoms with van der Waals surface area (Å²) in [6.07, 6.45) is 6.60. The summed E-state index contributed by atoms with van der Waals surface area (Å²) in [6, 6.07) is 0.536. The van der Waals surface area contributed by atoms with Crippen molar-refractivity contribution < 1.29 is 4.74 Å². The van der Waals surface area contributed by atoms with Gasteiger partial charge in [-0.15, -0.1) is 11.3 Å². The van der Waals surface area contributed by atoms with Crippen LogP contribution in [0.25, 0.3) is 0 Å². The second kappa shape index (κ2) is 6.30. The van der Waals surface area contributed by atoms with Crippen LogP contribution < -0.4 is 10.6 Å². The predicted octanol–water partition coefficient (Wildman–Crippen LogP) is 2.43. The van der Waals surface area contributed by atoms with Crippen LogP contribution in [-0.2, 0) is 11.2 Å². The van der Waals surface area contributed by atoms with Gasteiger partial charge in [0, 0.05) is 48.9 Å². The molecular weight excluding hydrogens is 320 g/mol. The molecule has 2 N–H and O–H groups in total. The number of nitrogens with one attached hydrogen (secondary N) is 2. The highest BCUT2D eigenvalue weighted by atomic mass is 32.1. The zero-order chi connectivity index (χ0) is 16.7. The molecule has 1 aromatic rings. The molecule has 132 valence electrons. The third-order valence-corrected chi connectivity index (χ3v) is 7.39. The molecule has 2 heterocycles. The topological polar surface area (TPSA) is 58.5 Å². The SMILES string of the molecule is CN=C(NCCc1nc(C)c(C)s1)NC1C2CCOC2C12CCC2. The molecule has 1 aromatic heterocycles. The minimum Gasteiger partial charge on any atom is -0.377 e. The highest BCUT2D eigenvalue weighted by Gasteiger charge is 2.66. The van der Waals surface area contributed by atoms with E-state index < -0.39 is 0 Å². The first kappa shape index (κ1) is 16.3. The summed E-state index contributed by atoms with van der Waals surface area (Å²) in [6.45, 7) is 6.03. The van der Waals surface area contributed by atoms with Crippen molar-refractivity contribution in [1.29, 1.82) is 0 Å². The van der Waals surface area contributed by atoms with Crippen molar-refractivity contribution in [3.63, 3.8) is 0 Å². The molecule has 1 saturated heterocycles. The van der Waals surface area contributed by atoms with Gasteiger partial charge in [0.25, 0.3) is 0 Å². The molecule has 5 nitrogen and oxygen atoms in total. The third-order valence-electron chi connectivity index (χ3n) is 6.26. The Balaban J connectivity index is 1.31. The standard InChI is InChI=1S/C18H28N4OS/c1-11-12(2)24-14(21-11)5-9-20-17(19-3)22-15-13-6-10-23-16(13)18(15)7-4-8-18/h13,15-16H,4-10H2,1-3H3,(H2,19,20,22). The largest absolute Gasteiger partial charge is 0.377 e. The molecule has 0 aromatic carbocycles. The second-order valence-electron chi connectivity index (χ2n) is 7.45. The Morgan fingerprint density at radius 3 is 2.88 bits per heavy atom. The average molecular weight is 349 g/mol. The van der Waals surface area contributed by atoms with E-state index >= 15 is 0 Å². The van der Waals surface area contributed by atoms with Crippen LogP contribution >= 0.6 is 11.3 Å². The summed E-state index contributed by atoms with van der Waals surface area (Å²) < 4.78 is 6.00. The Labute approximate surface area is 148 Å². The summed E-state index contributed by atoms with van der Waals surface area (Å²) >= 11 is 1.80. The van der Waals surface area contributed by atoms with Crippen LogP contribution in [0.4, 0.5) is 0 Å². The van der Waals surface area contributed by atoms with E-state index in [2.05, 4.69) is 34.5 Å². The number of guanidine groups is 1. The molecule has 3 fully saturated rings. The van der Waals surface area contributed by atoms with Crippen LogP contribution in [0.15, 0.2) is 4.99 Å². The van der Waals surface area contributed by atoms with Gasteiger partial charge in [-0.3, -0.25) is 4.99 Å². The van der Waals surface area contributed by atoms with Gasteiger partial charge < -0.3 is 15.4 Å². The molecule has 1 aliphatic heterocycles. The van der Waals surface area contributed by atoms with E-state index in [-0.39, 0.29) is 0 Å². The summed E-state index contributed by atoms with van der Waals surface area (Å²) in [4.78, 5) is 10.4. The van der Waals surface area contributed by atoms with Crippen molar-refractivity contribution in [3.8, 4) is 0 Å². The molecule has 0 radical (unpaired) electrons. The van der Waals surface area contributed by atoms with E-state index in [0.29, 0.717) is 23.5 Å². The van der Waals surface area contributed by atoms with Gasteiger partial charge in [0.05, 0.1) is 16.8 Å². The maximum Gasteiger partial charge on any atom is 0.191 e. The Kier molecular flexibility index (Phi) is 4.29. The van der Waals surface area contributed by atoms with E-state index in [1.807, 2.05) is 7.05 Å². The highest BCUT2D eigenvalue weighted by molar-refractivity contribution is 7.11. The Morgan fingerprint density at radius 1 is 1.42 bits per heavy atom. The van der Waals surface area contributed by atoms with Gasteiger partial charge in [-0.05, 0) is 33.1 Å². The van der Waals surface area contributed by atoms with E-state index in [1.165, 1.54) is 35.6 Å². The minimum atomic E-state index is 0.391. The zero-order valence-corrected chi connectivity index (χ0v) is 15.7. The first-order valence-electron chi connectivity index (χ1n) is 9.16. The lowest BCUT2D eigenvalue weighted by atomic mass is 9.46. The zero-order valence-electron chi connectivity index (χ0n) is 14.9. The Morgan fingerprint density at radius 2 is 2.25 bits per heavy atom. The van der Waals surface area contributed by atoms with Crippen molar-refractivity contribution in [2.75, 3.05) is 20.2 Å². The minimum absolute atomic E-state index is 0.391. The fourth-order valence-corrected chi connectivity index (χ4v) is 5.67. The lowest BCUT2D eigenvalue weighted by Gasteiger charge is -2.63. The molecule has 2 saturated carbocycles. The van der Waals surface area contributed by atoms with E-state index in [0.717, 1.165) is 31.2 Å². The number of fused-ring (bicyclic) bond motifs is 2. The van der Waals surface area contributed by atoms with E-state index in [4.69, 9.17) is 4.74 Å². The second-order valence-corrected chi connectivity index (χ2v) is 8.74. The molecule has 24 heavy (non-hydrogen) atoms. The van der Waals surface area contributed by atoms with Gasteiger partial charge in [-0.25, -0.2) is 4.98 Å². The van der Waals surface area contributed by atoms with Crippen molar-refractivity contribution in [3.05, 3.63) is 15.6 Å². The number of aromatic nitrogens is 1. The molecule has 1 spiro atoms. The molecule has 6 heteroatoms. The van der Waals surface area contributed by atoms with Crippen LogP contribution in [0, 0.1) is 25.2 Å². The Bertz CT molecular complexity index is 617. The molecule has 2 aliphatic carbocycles. The molecule has 0 amide bonds. The maximum atomic E-state index is 6.00. The molecule has 3 atom stereocenters. The average Bonchev–Trinajstić information content (AvgIpc) is 3.06. The molecule has 0 bridgehead atoms. The van der Waals surface area contributed by atoms with Crippen LogP contribution in [0.5, 0.6) is 0 Å². The first-order chi connectivity index (χ1) is 11.6. The van der Waals surface area contributed by atoms with E-state index in [9.17, 15) is 0 Å². The number of hydrogen-bond donors (Lipinski definition) is 2. The van der Waals surface area contributed by atoms with Crippen molar-refractivity contribution in [2.24, 2.45) is 16.3 Å². The van der Waals surface area contributed by atoms with Crippen molar-refractivity contribution >= 4 is 17.3 Å². The fourth-order valence-electron chi connectivity index (χ4n) is 4.73. The number of aliphatic imine (C=N–C) groups is 1.